The molecule has 2 heterocycles. The molecule has 0 unspecified atom stereocenters. The molecule has 0 radical (unpaired) electrons. The van der Waals surface area contributed by atoms with E-state index in [1.165, 1.54) is 10.9 Å². The van der Waals surface area contributed by atoms with Crippen LogP contribution in [0.1, 0.15) is 6.42 Å². The van der Waals surface area contributed by atoms with Gasteiger partial charge in [0.25, 0.3) is 0 Å². The zero-order valence-electron chi connectivity index (χ0n) is 5.17. The summed E-state index contributed by atoms with van der Waals surface area (Å²) < 4.78 is 0. The van der Waals surface area contributed by atoms with E-state index >= 15 is 0 Å². The summed E-state index contributed by atoms with van der Waals surface area (Å²) in [6.45, 7) is 2.22. The van der Waals surface area contributed by atoms with Gasteiger partial charge in [-0.3, -0.25) is 0 Å². The quantitative estimate of drug-likeness (QED) is 0.416. The first-order chi connectivity index (χ1) is 4.45. The molecule has 2 aliphatic heterocycles. The van der Waals surface area contributed by atoms with Crippen molar-refractivity contribution in [1.82, 2.24) is 0 Å². The first kappa shape index (κ1) is 4.98. The minimum atomic E-state index is 1.12. The summed E-state index contributed by atoms with van der Waals surface area (Å²) in [6.07, 6.45) is 11.8. The second-order valence-electron chi connectivity index (χ2n) is 2.35. The van der Waals surface area contributed by atoms with Crippen LogP contribution < -0.4 is 0 Å². The van der Waals surface area contributed by atoms with Gasteiger partial charge < -0.3 is 0 Å². The molecule has 1 heteroatoms. The van der Waals surface area contributed by atoms with Gasteiger partial charge in [0.2, 0.25) is 0 Å². The molecule has 2 rings (SSSR count). The zero-order chi connectivity index (χ0) is 6.10. The van der Waals surface area contributed by atoms with Crippen LogP contribution in [0, 0.1) is 0 Å². The molecule has 0 amide bonds. The van der Waals surface area contributed by atoms with Crippen LogP contribution in [0.15, 0.2) is 35.9 Å². The van der Waals surface area contributed by atoms with Gasteiger partial charge in [0.05, 0.1) is 0 Å². The van der Waals surface area contributed by atoms with Gasteiger partial charge in [0, 0.05) is 0 Å². The fourth-order valence-corrected chi connectivity index (χ4v) is 1.15. The molecule has 9 heavy (non-hydrogen) atoms. The molecule has 2 bridgehead atoms. The minimum absolute atomic E-state index is 1.12. The van der Waals surface area contributed by atoms with E-state index in [2.05, 4.69) is 37.3 Å². The molecule has 2 aliphatic rings. The van der Waals surface area contributed by atoms with Crippen LogP contribution in [-0.2, 0) is 0 Å². The first-order valence-corrected chi connectivity index (χ1v) is 3.21. The second kappa shape index (κ2) is 1.83. The maximum absolute atomic E-state index is 2.25. The molecule has 0 saturated carbocycles. The summed E-state index contributed by atoms with van der Waals surface area (Å²) in [5.41, 5.74) is 2.78. The average molecular weight is 114 g/mol. The van der Waals surface area contributed by atoms with E-state index in [0.717, 1.165) is 6.42 Å². The molecule has 0 fully saturated rings. The fraction of sp³-hybridized carbons (Fsp3) is 0.125. The van der Waals surface area contributed by atoms with Crippen molar-refractivity contribution >= 4 is 12.4 Å². The van der Waals surface area contributed by atoms with Gasteiger partial charge in [-0.1, -0.05) is 0 Å². The Kier molecular flexibility index (Phi) is 1.02. The Bertz CT molecular complexity index is 241. The van der Waals surface area contributed by atoms with E-state index in [9.17, 15) is 0 Å². The predicted molar refractivity (Wildman–Crippen MR) is 41.7 cm³/mol. The molecular formula is C8H7B. The number of fused-ring (bicyclic) bond motifs is 1. The predicted octanol–water partition coefficient (Wildman–Crippen LogP) is 1.28. The van der Waals surface area contributed by atoms with Crippen molar-refractivity contribution in [2.45, 2.75) is 6.42 Å². The standard InChI is InChI=1S/C8H7B/c1-2-4-8-6-5-7(3-1)9-8/h1-5H,6H2. The van der Waals surface area contributed by atoms with E-state index in [4.69, 9.17) is 0 Å². The molecule has 0 N–H and O–H groups in total. The van der Waals surface area contributed by atoms with E-state index in [-0.39, 0.29) is 0 Å². The monoisotopic (exact) mass is 114 g/mol. The summed E-state index contributed by atoms with van der Waals surface area (Å²) in [5.74, 6) is 0. The van der Waals surface area contributed by atoms with E-state index in [1.807, 2.05) is 0 Å². The van der Waals surface area contributed by atoms with Crippen LogP contribution in [0.25, 0.3) is 0 Å². The van der Waals surface area contributed by atoms with E-state index in [0.29, 0.717) is 0 Å². The van der Waals surface area contributed by atoms with Gasteiger partial charge in [-0.15, -0.1) is 0 Å². The Morgan fingerprint density at radius 3 is 3.11 bits per heavy atom. The van der Waals surface area contributed by atoms with Crippen molar-refractivity contribution in [1.29, 1.82) is 0 Å². The van der Waals surface area contributed by atoms with Crippen molar-refractivity contribution in [3.05, 3.63) is 35.9 Å². The van der Waals surface area contributed by atoms with Crippen molar-refractivity contribution < 1.29 is 0 Å². The zero-order valence-corrected chi connectivity index (χ0v) is 5.17. The number of rotatable bonds is 0. The molecule has 42 valence electrons. The SMILES string of the molecule is B1=C2C=CC=CC1=CC2. The Morgan fingerprint density at radius 1 is 1.22 bits per heavy atom. The van der Waals surface area contributed by atoms with Crippen molar-refractivity contribution in [2.75, 3.05) is 0 Å². The fourth-order valence-electron chi connectivity index (χ4n) is 1.15. The van der Waals surface area contributed by atoms with Crippen LogP contribution in [0.5, 0.6) is 0 Å². The van der Waals surface area contributed by atoms with Crippen LogP contribution >= 0.6 is 0 Å². The Hall–Kier alpha value is -0.845. The molecule has 0 aromatic carbocycles. The van der Waals surface area contributed by atoms with Crippen molar-refractivity contribution in [3.63, 3.8) is 0 Å². The number of hydrogen-bond acceptors (Lipinski definition) is 0. The second-order valence-corrected chi connectivity index (χ2v) is 2.35. The summed E-state index contributed by atoms with van der Waals surface area (Å²) in [6, 6.07) is 0. The third-order valence-corrected chi connectivity index (χ3v) is 1.64. The number of hydrogen-bond donors (Lipinski definition) is 0. The molecule has 0 nitrogen and oxygen atoms in total. The third kappa shape index (κ3) is 0.828. The molecule has 0 aromatic rings. The molecule has 0 spiro atoms. The molecule has 0 aliphatic carbocycles. The van der Waals surface area contributed by atoms with E-state index < -0.39 is 0 Å². The maximum atomic E-state index is 2.25. The summed E-state index contributed by atoms with van der Waals surface area (Å²) >= 11 is 0. The Labute approximate surface area is 55.5 Å². The van der Waals surface area contributed by atoms with Gasteiger partial charge in [0.1, 0.15) is 0 Å². The van der Waals surface area contributed by atoms with Crippen LogP contribution in [0.3, 0.4) is 0 Å². The van der Waals surface area contributed by atoms with Gasteiger partial charge in [0.15, 0.2) is 0 Å². The molecule has 0 aromatic heterocycles. The van der Waals surface area contributed by atoms with Gasteiger partial charge >= 0.3 is 54.7 Å². The Morgan fingerprint density at radius 2 is 2.11 bits per heavy atom. The van der Waals surface area contributed by atoms with Crippen LogP contribution in [-0.4, -0.2) is 12.4 Å². The van der Waals surface area contributed by atoms with Crippen LogP contribution in [0.4, 0.5) is 0 Å². The summed E-state index contributed by atoms with van der Waals surface area (Å²) in [5, 5.41) is 0. The Balaban J connectivity index is 2.48. The molecular weight excluding hydrogens is 107 g/mol. The normalized spacial score (nSPS) is 20.4. The summed E-state index contributed by atoms with van der Waals surface area (Å²) in [4.78, 5) is 0. The van der Waals surface area contributed by atoms with Crippen molar-refractivity contribution in [3.8, 4) is 0 Å². The average Bonchev–Trinajstić information content (AvgIpc) is 2.09. The first-order valence-electron chi connectivity index (χ1n) is 3.21. The van der Waals surface area contributed by atoms with Gasteiger partial charge in [-0.2, -0.15) is 0 Å². The van der Waals surface area contributed by atoms with E-state index in [1.54, 1.807) is 0 Å². The molecule has 0 atom stereocenters. The van der Waals surface area contributed by atoms with Gasteiger partial charge in [-0.25, -0.2) is 0 Å². The number of allylic oxidation sites excluding steroid dienone is 6. The van der Waals surface area contributed by atoms with Crippen molar-refractivity contribution in [2.24, 2.45) is 0 Å². The van der Waals surface area contributed by atoms with Crippen LogP contribution in [0.2, 0.25) is 0 Å². The summed E-state index contributed by atoms with van der Waals surface area (Å²) in [7, 11) is 0. The topological polar surface area (TPSA) is 0 Å². The molecule has 0 saturated heterocycles. The third-order valence-electron chi connectivity index (χ3n) is 1.64. The van der Waals surface area contributed by atoms with Gasteiger partial charge in [-0.05, 0) is 0 Å².